The Hall–Kier alpha value is -1.06. The lowest BCUT2D eigenvalue weighted by Gasteiger charge is -2.36. The SMILES string of the molecule is Cc1cccc(NC2(CN)CCN3CCCC32)c1. The highest BCUT2D eigenvalue weighted by Gasteiger charge is 2.48. The molecule has 98 valence electrons. The molecule has 3 N–H and O–H groups in total. The Morgan fingerprint density at radius 3 is 3.11 bits per heavy atom. The van der Waals surface area contributed by atoms with E-state index < -0.39 is 0 Å². The molecule has 0 amide bonds. The third-order valence-corrected chi connectivity index (χ3v) is 4.62. The van der Waals surface area contributed by atoms with Crippen LogP contribution in [0.4, 0.5) is 5.69 Å². The van der Waals surface area contributed by atoms with Crippen molar-refractivity contribution in [1.82, 2.24) is 4.90 Å². The zero-order valence-corrected chi connectivity index (χ0v) is 11.2. The van der Waals surface area contributed by atoms with Crippen LogP contribution in [0.15, 0.2) is 24.3 Å². The van der Waals surface area contributed by atoms with Gasteiger partial charge in [-0.15, -0.1) is 0 Å². The molecule has 1 aromatic carbocycles. The van der Waals surface area contributed by atoms with E-state index in [2.05, 4.69) is 41.4 Å². The van der Waals surface area contributed by atoms with Crippen molar-refractivity contribution >= 4 is 5.69 Å². The molecule has 2 aliphatic rings. The molecule has 3 nitrogen and oxygen atoms in total. The fraction of sp³-hybridized carbons (Fsp3) is 0.600. The molecule has 2 atom stereocenters. The van der Waals surface area contributed by atoms with E-state index in [9.17, 15) is 0 Å². The summed E-state index contributed by atoms with van der Waals surface area (Å²) < 4.78 is 0. The number of nitrogens with two attached hydrogens (primary N) is 1. The number of nitrogens with one attached hydrogen (secondary N) is 1. The summed E-state index contributed by atoms with van der Waals surface area (Å²) in [7, 11) is 0. The standard InChI is InChI=1S/C15H23N3/c1-12-4-2-5-13(10-12)17-15(11-16)7-9-18-8-3-6-14(15)18/h2,4-5,10,14,17H,3,6-9,11,16H2,1H3. The van der Waals surface area contributed by atoms with Gasteiger partial charge in [0.1, 0.15) is 0 Å². The molecular weight excluding hydrogens is 222 g/mol. The fourth-order valence-electron chi connectivity index (χ4n) is 3.67. The van der Waals surface area contributed by atoms with Gasteiger partial charge in [-0.05, 0) is 50.4 Å². The Morgan fingerprint density at radius 2 is 2.33 bits per heavy atom. The van der Waals surface area contributed by atoms with Gasteiger partial charge in [0.05, 0.1) is 5.54 Å². The molecule has 2 fully saturated rings. The van der Waals surface area contributed by atoms with Crippen molar-refractivity contribution in [1.29, 1.82) is 0 Å². The van der Waals surface area contributed by atoms with Gasteiger partial charge in [-0.2, -0.15) is 0 Å². The monoisotopic (exact) mass is 245 g/mol. The molecule has 0 bridgehead atoms. The quantitative estimate of drug-likeness (QED) is 0.855. The second kappa shape index (κ2) is 4.56. The maximum atomic E-state index is 6.12. The van der Waals surface area contributed by atoms with Crippen molar-refractivity contribution in [2.24, 2.45) is 5.73 Å². The summed E-state index contributed by atoms with van der Waals surface area (Å²) in [5, 5.41) is 3.75. The van der Waals surface area contributed by atoms with E-state index in [0.717, 1.165) is 6.54 Å². The summed E-state index contributed by atoms with van der Waals surface area (Å²) >= 11 is 0. The van der Waals surface area contributed by atoms with Crippen molar-refractivity contribution in [3.8, 4) is 0 Å². The zero-order valence-electron chi connectivity index (χ0n) is 11.2. The summed E-state index contributed by atoms with van der Waals surface area (Å²) in [5.41, 5.74) is 8.73. The molecule has 1 aromatic rings. The van der Waals surface area contributed by atoms with Gasteiger partial charge in [0.15, 0.2) is 0 Å². The van der Waals surface area contributed by atoms with Crippen LogP contribution in [0.2, 0.25) is 0 Å². The van der Waals surface area contributed by atoms with Gasteiger partial charge in [-0.25, -0.2) is 0 Å². The molecule has 2 saturated heterocycles. The maximum Gasteiger partial charge on any atom is 0.0662 e. The number of aryl methyl sites for hydroxylation is 1. The lowest BCUT2D eigenvalue weighted by Crippen LogP contribution is -2.53. The smallest absolute Gasteiger partial charge is 0.0662 e. The highest BCUT2D eigenvalue weighted by atomic mass is 15.3. The van der Waals surface area contributed by atoms with Crippen LogP contribution in [-0.2, 0) is 0 Å². The van der Waals surface area contributed by atoms with E-state index in [0.29, 0.717) is 6.04 Å². The first-order chi connectivity index (χ1) is 8.73. The van der Waals surface area contributed by atoms with Crippen LogP contribution in [0.5, 0.6) is 0 Å². The first-order valence-electron chi connectivity index (χ1n) is 7.02. The van der Waals surface area contributed by atoms with Crippen molar-refractivity contribution in [2.75, 3.05) is 25.0 Å². The topological polar surface area (TPSA) is 41.3 Å². The van der Waals surface area contributed by atoms with Crippen molar-refractivity contribution in [3.05, 3.63) is 29.8 Å². The van der Waals surface area contributed by atoms with E-state index in [1.807, 2.05) is 0 Å². The predicted molar refractivity (Wildman–Crippen MR) is 75.8 cm³/mol. The van der Waals surface area contributed by atoms with E-state index in [1.165, 1.54) is 43.6 Å². The van der Waals surface area contributed by atoms with Gasteiger partial charge in [0, 0.05) is 24.8 Å². The molecule has 18 heavy (non-hydrogen) atoms. The molecular formula is C15H23N3. The third-order valence-electron chi connectivity index (χ3n) is 4.62. The van der Waals surface area contributed by atoms with Gasteiger partial charge >= 0.3 is 0 Å². The van der Waals surface area contributed by atoms with E-state index in [4.69, 9.17) is 5.73 Å². The normalized spacial score (nSPS) is 31.6. The molecule has 0 aliphatic carbocycles. The Morgan fingerprint density at radius 1 is 1.44 bits per heavy atom. The van der Waals surface area contributed by atoms with Gasteiger partial charge < -0.3 is 11.1 Å². The predicted octanol–water partition coefficient (Wildman–Crippen LogP) is 1.97. The van der Waals surface area contributed by atoms with Crippen LogP contribution in [0.1, 0.15) is 24.8 Å². The number of fused-ring (bicyclic) bond motifs is 1. The summed E-state index contributed by atoms with van der Waals surface area (Å²) in [6.07, 6.45) is 3.78. The molecule has 3 rings (SSSR count). The minimum atomic E-state index is 0.0876. The number of rotatable bonds is 3. The number of anilines is 1. The van der Waals surface area contributed by atoms with Gasteiger partial charge in [-0.1, -0.05) is 12.1 Å². The van der Waals surface area contributed by atoms with Crippen LogP contribution in [0, 0.1) is 6.92 Å². The average molecular weight is 245 g/mol. The third kappa shape index (κ3) is 1.91. The van der Waals surface area contributed by atoms with Crippen LogP contribution in [0.3, 0.4) is 0 Å². The molecule has 3 heteroatoms. The van der Waals surface area contributed by atoms with Gasteiger partial charge in [0.2, 0.25) is 0 Å². The van der Waals surface area contributed by atoms with Crippen molar-refractivity contribution < 1.29 is 0 Å². The van der Waals surface area contributed by atoms with E-state index in [1.54, 1.807) is 0 Å². The summed E-state index contributed by atoms with van der Waals surface area (Å²) in [6, 6.07) is 9.25. The minimum Gasteiger partial charge on any atom is -0.377 e. The second-order valence-electron chi connectivity index (χ2n) is 5.80. The Bertz CT molecular complexity index is 432. The molecule has 2 unspecified atom stereocenters. The molecule has 0 radical (unpaired) electrons. The number of hydrogen-bond acceptors (Lipinski definition) is 3. The van der Waals surface area contributed by atoms with Crippen molar-refractivity contribution in [3.63, 3.8) is 0 Å². The minimum absolute atomic E-state index is 0.0876. The van der Waals surface area contributed by atoms with Gasteiger partial charge in [0.25, 0.3) is 0 Å². The molecule has 2 aliphatic heterocycles. The maximum absolute atomic E-state index is 6.12. The van der Waals surface area contributed by atoms with E-state index in [-0.39, 0.29) is 5.54 Å². The summed E-state index contributed by atoms with van der Waals surface area (Å²) in [4.78, 5) is 2.61. The first kappa shape index (κ1) is 12.0. The highest BCUT2D eigenvalue weighted by molar-refractivity contribution is 5.49. The number of nitrogens with zero attached hydrogens (tertiary/aromatic N) is 1. The Balaban J connectivity index is 1.84. The second-order valence-corrected chi connectivity index (χ2v) is 5.80. The zero-order chi connectivity index (χ0) is 12.6. The van der Waals surface area contributed by atoms with Crippen molar-refractivity contribution in [2.45, 2.75) is 37.8 Å². The van der Waals surface area contributed by atoms with Crippen LogP contribution in [-0.4, -0.2) is 36.1 Å². The summed E-state index contributed by atoms with van der Waals surface area (Å²) in [6.45, 7) is 5.31. The Kier molecular flexibility index (Phi) is 3.04. The Labute approximate surface area is 109 Å². The van der Waals surface area contributed by atoms with Gasteiger partial charge in [-0.3, -0.25) is 4.90 Å². The average Bonchev–Trinajstić information content (AvgIpc) is 2.93. The van der Waals surface area contributed by atoms with E-state index >= 15 is 0 Å². The van der Waals surface area contributed by atoms with Crippen LogP contribution in [0.25, 0.3) is 0 Å². The van der Waals surface area contributed by atoms with Crippen LogP contribution < -0.4 is 11.1 Å². The summed E-state index contributed by atoms with van der Waals surface area (Å²) in [5.74, 6) is 0. The fourth-order valence-corrected chi connectivity index (χ4v) is 3.67. The molecule has 0 saturated carbocycles. The number of hydrogen-bond donors (Lipinski definition) is 2. The lowest BCUT2D eigenvalue weighted by molar-refractivity contribution is 0.280. The van der Waals surface area contributed by atoms with Crippen LogP contribution >= 0.6 is 0 Å². The molecule has 0 aromatic heterocycles. The highest BCUT2D eigenvalue weighted by Crippen LogP contribution is 2.37. The molecule has 0 spiro atoms. The largest absolute Gasteiger partial charge is 0.377 e. The number of benzene rings is 1. The molecule has 2 heterocycles. The first-order valence-corrected chi connectivity index (χ1v) is 7.02. The lowest BCUT2D eigenvalue weighted by atomic mass is 9.88.